The minimum absolute atomic E-state index is 0.906. The molecule has 2 heteroatoms. The average Bonchev–Trinajstić information content (AvgIpc) is 2.04. The van der Waals surface area contributed by atoms with E-state index in [1.807, 2.05) is 32.1 Å². The van der Waals surface area contributed by atoms with Crippen LogP contribution in [0.5, 0.6) is 0 Å². The summed E-state index contributed by atoms with van der Waals surface area (Å²) in [6.45, 7) is 7.83. The standard InChI is InChI=1S/C9H12N2/c1-4-8(2)11-9(3)6-5-7-10-11/h4-7H,3H2,1-2H3/b8-4-. The van der Waals surface area contributed by atoms with E-state index >= 15 is 0 Å². The van der Waals surface area contributed by atoms with E-state index in [9.17, 15) is 0 Å². The van der Waals surface area contributed by atoms with E-state index < -0.39 is 0 Å². The maximum atomic E-state index is 4.13. The Morgan fingerprint density at radius 3 is 3.00 bits per heavy atom. The molecule has 0 atom stereocenters. The van der Waals surface area contributed by atoms with Gasteiger partial charge < -0.3 is 0 Å². The minimum atomic E-state index is 0.906. The molecule has 58 valence electrons. The fourth-order valence-corrected chi connectivity index (χ4v) is 0.844. The Hall–Kier alpha value is -1.31. The van der Waals surface area contributed by atoms with Gasteiger partial charge in [0.25, 0.3) is 0 Å². The highest BCUT2D eigenvalue weighted by Gasteiger charge is 2.05. The Bertz CT molecular complexity index is 244. The van der Waals surface area contributed by atoms with Crippen molar-refractivity contribution in [2.75, 3.05) is 0 Å². The number of nitrogens with zero attached hydrogens (tertiary/aromatic N) is 2. The van der Waals surface area contributed by atoms with E-state index in [-0.39, 0.29) is 0 Å². The fourth-order valence-electron chi connectivity index (χ4n) is 0.844. The van der Waals surface area contributed by atoms with Crippen molar-refractivity contribution < 1.29 is 0 Å². The van der Waals surface area contributed by atoms with Crippen LogP contribution < -0.4 is 0 Å². The van der Waals surface area contributed by atoms with Crippen molar-refractivity contribution in [1.29, 1.82) is 0 Å². The number of hydrazone groups is 1. The van der Waals surface area contributed by atoms with Gasteiger partial charge in [-0.1, -0.05) is 12.7 Å². The quantitative estimate of drug-likeness (QED) is 0.557. The highest BCUT2D eigenvalue weighted by atomic mass is 15.5. The van der Waals surface area contributed by atoms with Crippen LogP contribution in [0, 0.1) is 0 Å². The van der Waals surface area contributed by atoms with Crippen molar-refractivity contribution in [3.63, 3.8) is 0 Å². The fraction of sp³-hybridized carbons (Fsp3) is 0.222. The van der Waals surface area contributed by atoms with Crippen LogP contribution in [-0.4, -0.2) is 11.2 Å². The number of allylic oxidation sites excluding steroid dienone is 4. The van der Waals surface area contributed by atoms with Crippen LogP contribution >= 0.6 is 0 Å². The zero-order chi connectivity index (χ0) is 8.27. The minimum Gasteiger partial charge on any atom is -0.239 e. The Balaban J connectivity index is 2.82. The van der Waals surface area contributed by atoms with Gasteiger partial charge in [-0.05, 0) is 26.0 Å². The molecular formula is C9H12N2. The lowest BCUT2D eigenvalue weighted by molar-refractivity contribution is 0.471. The summed E-state index contributed by atoms with van der Waals surface area (Å²) in [7, 11) is 0. The second-order valence-corrected chi connectivity index (χ2v) is 2.36. The van der Waals surface area contributed by atoms with Gasteiger partial charge in [-0.3, -0.25) is 0 Å². The predicted molar refractivity (Wildman–Crippen MR) is 48.0 cm³/mol. The third-order valence-electron chi connectivity index (χ3n) is 1.58. The molecule has 0 saturated heterocycles. The second-order valence-electron chi connectivity index (χ2n) is 2.36. The van der Waals surface area contributed by atoms with Gasteiger partial charge in [-0.25, -0.2) is 5.01 Å². The van der Waals surface area contributed by atoms with Gasteiger partial charge in [0.1, 0.15) is 0 Å². The van der Waals surface area contributed by atoms with E-state index in [0.717, 1.165) is 11.4 Å². The van der Waals surface area contributed by atoms with Crippen molar-refractivity contribution in [3.8, 4) is 0 Å². The molecule has 0 aromatic rings. The second kappa shape index (κ2) is 3.19. The molecule has 0 unspecified atom stereocenters. The smallest absolute Gasteiger partial charge is 0.0577 e. The molecule has 2 nitrogen and oxygen atoms in total. The van der Waals surface area contributed by atoms with Crippen molar-refractivity contribution in [2.45, 2.75) is 13.8 Å². The van der Waals surface area contributed by atoms with Crippen molar-refractivity contribution >= 4 is 6.21 Å². The van der Waals surface area contributed by atoms with Gasteiger partial charge in [-0.2, -0.15) is 5.10 Å². The van der Waals surface area contributed by atoms with Gasteiger partial charge >= 0.3 is 0 Å². The summed E-state index contributed by atoms with van der Waals surface area (Å²) in [5, 5.41) is 5.94. The largest absolute Gasteiger partial charge is 0.239 e. The molecule has 0 saturated carbocycles. The SMILES string of the molecule is C=C1C=CC=NN1/C(C)=C\C. The molecule has 1 aliphatic rings. The molecule has 0 aromatic carbocycles. The molecule has 1 rings (SSSR count). The first-order chi connectivity index (χ1) is 5.25. The van der Waals surface area contributed by atoms with Crippen molar-refractivity contribution in [3.05, 3.63) is 36.2 Å². The molecule has 0 spiro atoms. The zero-order valence-corrected chi connectivity index (χ0v) is 6.91. The lowest BCUT2D eigenvalue weighted by atomic mass is 10.3. The van der Waals surface area contributed by atoms with Crippen LogP contribution in [0.25, 0.3) is 0 Å². The van der Waals surface area contributed by atoms with Crippen LogP contribution in [0.1, 0.15) is 13.8 Å². The third kappa shape index (κ3) is 1.58. The van der Waals surface area contributed by atoms with Gasteiger partial charge in [0, 0.05) is 11.9 Å². The first kappa shape index (κ1) is 7.79. The van der Waals surface area contributed by atoms with Gasteiger partial charge in [0.15, 0.2) is 0 Å². The maximum absolute atomic E-state index is 4.13. The lowest BCUT2D eigenvalue weighted by Gasteiger charge is -2.21. The monoisotopic (exact) mass is 148 g/mol. The van der Waals surface area contributed by atoms with E-state index in [2.05, 4.69) is 11.7 Å². The first-order valence-electron chi connectivity index (χ1n) is 3.58. The van der Waals surface area contributed by atoms with E-state index in [0.29, 0.717) is 0 Å². The van der Waals surface area contributed by atoms with Crippen molar-refractivity contribution in [1.82, 2.24) is 5.01 Å². The molecule has 0 radical (unpaired) electrons. The highest BCUT2D eigenvalue weighted by Crippen LogP contribution is 2.14. The molecule has 11 heavy (non-hydrogen) atoms. The van der Waals surface area contributed by atoms with E-state index in [1.54, 1.807) is 11.2 Å². The summed E-state index contributed by atoms with van der Waals surface area (Å²) in [4.78, 5) is 0. The molecule has 0 amide bonds. The normalized spacial score (nSPS) is 17.8. The Kier molecular flexibility index (Phi) is 2.26. The molecule has 0 N–H and O–H groups in total. The summed E-state index contributed by atoms with van der Waals surface area (Å²) in [5.41, 5.74) is 2.00. The molecule has 1 aliphatic heterocycles. The molecule has 0 aliphatic carbocycles. The highest BCUT2D eigenvalue weighted by molar-refractivity contribution is 5.73. The lowest BCUT2D eigenvalue weighted by Crippen LogP contribution is -2.14. The van der Waals surface area contributed by atoms with Crippen LogP contribution in [0.4, 0.5) is 0 Å². The molecular weight excluding hydrogens is 136 g/mol. The molecule has 0 bridgehead atoms. The van der Waals surface area contributed by atoms with Crippen LogP contribution in [0.3, 0.4) is 0 Å². The maximum Gasteiger partial charge on any atom is 0.0577 e. The summed E-state index contributed by atoms with van der Waals surface area (Å²) < 4.78 is 0. The molecule has 0 fully saturated rings. The Morgan fingerprint density at radius 1 is 1.73 bits per heavy atom. The number of hydrogen-bond donors (Lipinski definition) is 0. The van der Waals surface area contributed by atoms with Crippen LogP contribution in [0.15, 0.2) is 41.3 Å². The average molecular weight is 148 g/mol. The van der Waals surface area contributed by atoms with E-state index in [4.69, 9.17) is 0 Å². The van der Waals surface area contributed by atoms with Crippen LogP contribution in [0.2, 0.25) is 0 Å². The summed E-state index contributed by atoms with van der Waals surface area (Å²) >= 11 is 0. The van der Waals surface area contributed by atoms with Gasteiger partial charge in [0.2, 0.25) is 0 Å². The summed E-state index contributed by atoms with van der Waals surface area (Å²) in [6.07, 6.45) is 7.56. The first-order valence-corrected chi connectivity index (χ1v) is 3.58. The van der Waals surface area contributed by atoms with Crippen molar-refractivity contribution in [2.24, 2.45) is 5.10 Å². The predicted octanol–water partition coefficient (Wildman–Crippen LogP) is 2.28. The number of rotatable bonds is 1. The van der Waals surface area contributed by atoms with Crippen LogP contribution in [-0.2, 0) is 0 Å². The third-order valence-corrected chi connectivity index (χ3v) is 1.58. The molecule has 0 aromatic heterocycles. The van der Waals surface area contributed by atoms with Gasteiger partial charge in [0.05, 0.1) is 5.70 Å². The number of hydrogen-bond acceptors (Lipinski definition) is 2. The summed E-state index contributed by atoms with van der Waals surface area (Å²) in [6, 6.07) is 0. The zero-order valence-electron chi connectivity index (χ0n) is 6.91. The summed E-state index contributed by atoms with van der Waals surface area (Å²) in [5.74, 6) is 0. The Morgan fingerprint density at radius 2 is 2.45 bits per heavy atom. The Labute approximate surface area is 67.2 Å². The topological polar surface area (TPSA) is 15.6 Å². The molecule has 1 heterocycles. The van der Waals surface area contributed by atoms with E-state index in [1.165, 1.54) is 0 Å². The van der Waals surface area contributed by atoms with Gasteiger partial charge in [-0.15, -0.1) is 0 Å².